The number of benzene rings is 2. The maximum atomic E-state index is 5.66. The number of nitrogens with two attached hydrogens (primary N) is 1. The van der Waals surface area contributed by atoms with Gasteiger partial charge in [0.15, 0.2) is 0 Å². The molecule has 2 nitrogen and oxygen atoms in total. The van der Waals surface area contributed by atoms with Crippen molar-refractivity contribution in [1.82, 2.24) is 0 Å². The topological polar surface area (TPSA) is 29.3 Å². The van der Waals surface area contributed by atoms with Gasteiger partial charge in [-0.05, 0) is 68.0 Å². The van der Waals surface area contributed by atoms with Gasteiger partial charge in [-0.15, -0.1) is 0 Å². The molecule has 0 aromatic heterocycles. The van der Waals surface area contributed by atoms with Gasteiger partial charge < -0.3 is 10.6 Å². The van der Waals surface area contributed by atoms with E-state index < -0.39 is 0 Å². The summed E-state index contributed by atoms with van der Waals surface area (Å²) >= 11 is 0. The number of para-hydroxylation sites is 1. The fourth-order valence-electron chi connectivity index (χ4n) is 3.28. The lowest BCUT2D eigenvalue weighted by atomic mass is 10.0. The molecule has 0 spiro atoms. The Morgan fingerprint density at radius 1 is 1.05 bits per heavy atom. The fraction of sp³-hybridized carbons (Fsp3) is 0.368. The van der Waals surface area contributed by atoms with Crippen molar-refractivity contribution in [1.29, 1.82) is 0 Å². The van der Waals surface area contributed by atoms with E-state index in [4.69, 9.17) is 5.73 Å². The van der Waals surface area contributed by atoms with E-state index in [1.165, 1.54) is 47.3 Å². The van der Waals surface area contributed by atoms with E-state index in [0.29, 0.717) is 6.54 Å². The Hall–Kier alpha value is -1.80. The zero-order chi connectivity index (χ0) is 14.7. The number of nitrogens with zero attached hydrogens (tertiary/aromatic N) is 1. The predicted octanol–water partition coefficient (Wildman–Crippen LogP) is 3.97. The summed E-state index contributed by atoms with van der Waals surface area (Å²) in [6.45, 7) is 4.03. The molecule has 110 valence electrons. The van der Waals surface area contributed by atoms with E-state index in [1.807, 2.05) is 0 Å². The molecular weight excluding hydrogens is 256 g/mol. The Morgan fingerprint density at radius 3 is 2.71 bits per heavy atom. The number of fused-ring (bicyclic) bond motifs is 1. The van der Waals surface area contributed by atoms with Gasteiger partial charge in [0.25, 0.3) is 0 Å². The zero-order valence-electron chi connectivity index (χ0n) is 12.8. The maximum Gasteiger partial charge on any atom is 0.0443 e. The van der Waals surface area contributed by atoms with Crippen molar-refractivity contribution < 1.29 is 0 Å². The summed E-state index contributed by atoms with van der Waals surface area (Å²) in [5, 5.41) is 0. The highest BCUT2D eigenvalue weighted by atomic mass is 15.1. The van der Waals surface area contributed by atoms with E-state index in [-0.39, 0.29) is 0 Å². The lowest BCUT2D eigenvalue weighted by molar-refractivity contribution is 0.760. The number of aryl methyl sites for hydroxylation is 2. The predicted molar refractivity (Wildman–Crippen MR) is 90.3 cm³/mol. The normalized spacial score (nSPS) is 14.7. The molecular formula is C19H24N2. The first-order valence-electron chi connectivity index (χ1n) is 7.94. The highest BCUT2D eigenvalue weighted by Gasteiger charge is 2.17. The Labute approximate surface area is 127 Å². The average molecular weight is 280 g/mol. The molecule has 2 aromatic carbocycles. The van der Waals surface area contributed by atoms with Gasteiger partial charge in [-0.25, -0.2) is 0 Å². The van der Waals surface area contributed by atoms with Gasteiger partial charge >= 0.3 is 0 Å². The first-order chi connectivity index (χ1) is 10.3. The molecule has 1 aliphatic rings. The highest BCUT2D eigenvalue weighted by molar-refractivity contribution is 5.69. The van der Waals surface area contributed by atoms with Crippen molar-refractivity contribution in [3.63, 3.8) is 0 Å². The van der Waals surface area contributed by atoms with Gasteiger partial charge in [0.1, 0.15) is 0 Å². The lowest BCUT2D eigenvalue weighted by Gasteiger charge is -2.27. The summed E-state index contributed by atoms with van der Waals surface area (Å²) in [5.41, 5.74) is 12.5. The first kappa shape index (κ1) is 14.2. The second kappa shape index (κ2) is 6.31. The van der Waals surface area contributed by atoms with Crippen molar-refractivity contribution in [3.8, 4) is 0 Å². The Bertz CT molecular complexity index is 619. The second-order valence-corrected chi connectivity index (χ2v) is 5.90. The summed E-state index contributed by atoms with van der Waals surface area (Å²) in [7, 11) is 0. The van der Waals surface area contributed by atoms with Crippen LogP contribution in [0.2, 0.25) is 0 Å². The van der Waals surface area contributed by atoms with Gasteiger partial charge in [-0.2, -0.15) is 0 Å². The van der Waals surface area contributed by atoms with Crippen LogP contribution in [-0.4, -0.2) is 13.1 Å². The first-order valence-corrected chi connectivity index (χ1v) is 7.94. The van der Waals surface area contributed by atoms with Crippen LogP contribution in [0.15, 0.2) is 42.5 Å². The van der Waals surface area contributed by atoms with Crippen LogP contribution in [0.4, 0.5) is 11.4 Å². The van der Waals surface area contributed by atoms with E-state index in [1.54, 1.807) is 0 Å². The number of rotatable bonds is 3. The summed E-state index contributed by atoms with van der Waals surface area (Å²) in [5.74, 6) is 0. The van der Waals surface area contributed by atoms with Crippen LogP contribution in [0, 0.1) is 6.92 Å². The van der Waals surface area contributed by atoms with E-state index >= 15 is 0 Å². The van der Waals surface area contributed by atoms with Gasteiger partial charge in [-0.1, -0.05) is 30.3 Å². The van der Waals surface area contributed by atoms with Crippen LogP contribution in [-0.2, 0) is 12.8 Å². The molecule has 2 N–H and O–H groups in total. The fourth-order valence-corrected chi connectivity index (χ4v) is 3.28. The van der Waals surface area contributed by atoms with E-state index in [9.17, 15) is 0 Å². The summed E-state index contributed by atoms with van der Waals surface area (Å²) in [6, 6.07) is 15.6. The Balaban J connectivity index is 2.00. The van der Waals surface area contributed by atoms with Crippen molar-refractivity contribution in [3.05, 3.63) is 59.2 Å². The molecule has 0 atom stereocenters. The molecule has 0 radical (unpaired) electrons. The number of anilines is 2. The van der Waals surface area contributed by atoms with Gasteiger partial charge in [0, 0.05) is 17.9 Å². The van der Waals surface area contributed by atoms with Crippen LogP contribution in [0.5, 0.6) is 0 Å². The molecule has 0 bridgehead atoms. The highest BCUT2D eigenvalue weighted by Crippen LogP contribution is 2.34. The standard InChI is InChI=1S/C19H24N2/c1-15-14-16(11-12-20)9-10-18(15)21-13-5-4-7-17-6-2-3-8-19(17)21/h2-3,6,8-10,14H,4-5,7,11-13,20H2,1H3. The summed E-state index contributed by atoms with van der Waals surface area (Å²) in [6.07, 6.45) is 4.67. The maximum absolute atomic E-state index is 5.66. The summed E-state index contributed by atoms with van der Waals surface area (Å²) < 4.78 is 0. The molecule has 2 heteroatoms. The molecule has 0 amide bonds. The molecule has 0 fully saturated rings. The minimum Gasteiger partial charge on any atom is -0.341 e. The van der Waals surface area contributed by atoms with Crippen LogP contribution in [0.25, 0.3) is 0 Å². The van der Waals surface area contributed by atoms with Crippen LogP contribution in [0.1, 0.15) is 29.5 Å². The van der Waals surface area contributed by atoms with Crippen molar-refractivity contribution in [2.24, 2.45) is 5.73 Å². The average Bonchev–Trinajstić information content (AvgIpc) is 2.70. The largest absolute Gasteiger partial charge is 0.341 e. The number of hydrogen-bond donors (Lipinski definition) is 1. The molecule has 21 heavy (non-hydrogen) atoms. The van der Waals surface area contributed by atoms with E-state index in [0.717, 1.165) is 13.0 Å². The third-order valence-electron chi connectivity index (χ3n) is 4.35. The number of hydrogen-bond acceptors (Lipinski definition) is 2. The quantitative estimate of drug-likeness (QED) is 0.921. The molecule has 0 unspecified atom stereocenters. The molecule has 0 saturated carbocycles. The third-order valence-corrected chi connectivity index (χ3v) is 4.35. The molecule has 0 aliphatic carbocycles. The minimum absolute atomic E-state index is 0.714. The third kappa shape index (κ3) is 2.96. The summed E-state index contributed by atoms with van der Waals surface area (Å²) in [4.78, 5) is 2.49. The monoisotopic (exact) mass is 280 g/mol. The Kier molecular flexibility index (Phi) is 4.26. The van der Waals surface area contributed by atoms with Crippen LogP contribution < -0.4 is 10.6 Å². The molecule has 2 aromatic rings. The van der Waals surface area contributed by atoms with Crippen LogP contribution >= 0.6 is 0 Å². The van der Waals surface area contributed by atoms with Crippen molar-refractivity contribution in [2.75, 3.05) is 18.0 Å². The smallest absolute Gasteiger partial charge is 0.0443 e. The Morgan fingerprint density at radius 2 is 1.90 bits per heavy atom. The van der Waals surface area contributed by atoms with Crippen molar-refractivity contribution >= 4 is 11.4 Å². The van der Waals surface area contributed by atoms with Crippen molar-refractivity contribution in [2.45, 2.75) is 32.6 Å². The van der Waals surface area contributed by atoms with Gasteiger partial charge in [-0.3, -0.25) is 0 Å². The second-order valence-electron chi connectivity index (χ2n) is 5.90. The molecule has 1 aliphatic heterocycles. The molecule has 1 heterocycles. The van der Waals surface area contributed by atoms with Gasteiger partial charge in [0.05, 0.1) is 0 Å². The minimum atomic E-state index is 0.714. The lowest BCUT2D eigenvalue weighted by Crippen LogP contribution is -2.19. The molecule has 3 rings (SSSR count). The SMILES string of the molecule is Cc1cc(CCN)ccc1N1CCCCc2ccccc21. The van der Waals surface area contributed by atoms with Crippen LogP contribution in [0.3, 0.4) is 0 Å². The van der Waals surface area contributed by atoms with E-state index in [2.05, 4.69) is 54.3 Å². The molecule has 0 saturated heterocycles. The zero-order valence-corrected chi connectivity index (χ0v) is 12.8. The van der Waals surface area contributed by atoms with Gasteiger partial charge in [0.2, 0.25) is 0 Å².